The zero-order valence-corrected chi connectivity index (χ0v) is 16.9. The fraction of sp³-hybridized carbons (Fsp3) is 0.750. The Hall–Kier alpha value is -1.58. The minimum absolute atomic E-state index is 0.0322. The highest BCUT2D eigenvalue weighted by atomic mass is 16.7. The second kappa shape index (κ2) is 6.47. The number of hydrogen-bond donors (Lipinski definition) is 1. The summed E-state index contributed by atoms with van der Waals surface area (Å²) in [5, 5.41) is 8.77. The van der Waals surface area contributed by atoms with Gasteiger partial charge in [0.15, 0.2) is 5.78 Å². The van der Waals surface area contributed by atoms with E-state index in [-0.39, 0.29) is 5.41 Å². The fourth-order valence-corrected chi connectivity index (χ4v) is 7.96. The molecular weight excluding hydrogens is 352 g/mol. The molecule has 0 unspecified atom stereocenters. The predicted molar refractivity (Wildman–Crippen MR) is 105 cm³/mol. The van der Waals surface area contributed by atoms with E-state index in [0.717, 1.165) is 49.9 Å². The van der Waals surface area contributed by atoms with Gasteiger partial charge in [0.1, 0.15) is 0 Å². The van der Waals surface area contributed by atoms with Crippen molar-refractivity contribution < 1.29 is 19.4 Å². The largest absolute Gasteiger partial charge is 0.510 e. The lowest BCUT2D eigenvalue weighted by Crippen LogP contribution is -2.48. The third kappa shape index (κ3) is 2.63. The van der Waals surface area contributed by atoms with Crippen molar-refractivity contribution in [3.05, 3.63) is 24.0 Å². The van der Waals surface area contributed by atoms with Gasteiger partial charge in [-0.3, -0.25) is 4.79 Å². The van der Waals surface area contributed by atoms with Gasteiger partial charge in [0.2, 0.25) is 0 Å². The van der Waals surface area contributed by atoms with Gasteiger partial charge in [-0.05, 0) is 111 Å². The third-order valence-corrected chi connectivity index (χ3v) is 9.48. The summed E-state index contributed by atoms with van der Waals surface area (Å²) in [7, 11) is 0. The van der Waals surface area contributed by atoms with Crippen LogP contribution >= 0.6 is 0 Å². The summed E-state index contributed by atoms with van der Waals surface area (Å²) in [5.41, 5.74) is 1.81. The van der Waals surface area contributed by atoms with Gasteiger partial charge in [-0.15, -0.1) is 0 Å². The molecule has 152 valence electrons. The number of carboxylic acid groups (broad SMARTS) is 1. The molecule has 28 heavy (non-hydrogen) atoms. The van der Waals surface area contributed by atoms with Crippen molar-refractivity contribution in [2.45, 2.75) is 71.1 Å². The van der Waals surface area contributed by atoms with Crippen LogP contribution in [-0.4, -0.2) is 17.0 Å². The van der Waals surface area contributed by atoms with Gasteiger partial charge < -0.3 is 9.84 Å². The Kier molecular flexibility index (Phi) is 4.26. The Morgan fingerprint density at radius 2 is 2.04 bits per heavy atom. The normalized spacial score (nSPS) is 43.2. The zero-order chi connectivity index (χ0) is 19.5. The van der Waals surface area contributed by atoms with Crippen molar-refractivity contribution >= 4 is 11.9 Å². The fourth-order valence-electron chi connectivity index (χ4n) is 7.96. The number of allylic oxidation sites excluding steroid dienone is 2. The van der Waals surface area contributed by atoms with E-state index in [2.05, 4.69) is 17.7 Å². The Balaban J connectivity index is 1.39. The monoisotopic (exact) mass is 384 g/mol. The highest BCUT2D eigenvalue weighted by molar-refractivity contribution is 5.98. The molecule has 0 bridgehead atoms. The minimum Gasteiger partial charge on any atom is -0.449 e. The Labute approximate surface area is 167 Å². The van der Waals surface area contributed by atoms with Crippen LogP contribution in [0.15, 0.2) is 24.0 Å². The number of hydrogen-bond acceptors (Lipinski definition) is 3. The topological polar surface area (TPSA) is 63.6 Å². The maximum Gasteiger partial charge on any atom is 0.510 e. The smallest absolute Gasteiger partial charge is 0.449 e. The Bertz CT molecular complexity index is 746. The molecule has 5 rings (SSSR count). The van der Waals surface area contributed by atoms with Crippen molar-refractivity contribution in [1.82, 2.24) is 0 Å². The minimum atomic E-state index is -1.23. The molecule has 5 aliphatic rings. The van der Waals surface area contributed by atoms with E-state index in [4.69, 9.17) is 5.11 Å². The van der Waals surface area contributed by atoms with Crippen LogP contribution in [-0.2, 0) is 9.53 Å². The maximum absolute atomic E-state index is 12.5. The molecule has 0 radical (unpaired) electrons. The lowest BCUT2D eigenvalue weighted by molar-refractivity contribution is -0.121. The second-order valence-corrected chi connectivity index (χ2v) is 10.2. The molecule has 5 aliphatic carbocycles. The first-order valence-corrected chi connectivity index (χ1v) is 11.3. The molecule has 4 heteroatoms. The molecule has 1 N–H and O–H groups in total. The van der Waals surface area contributed by atoms with Crippen molar-refractivity contribution in [3.63, 3.8) is 0 Å². The number of ketones is 1. The molecule has 0 aromatic heterocycles. The predicted octanol–water partition coefficient (Wildman–Crippen LogP) is 5.73. The van der Waals surface area contributed by atoms with Crippen molar-refractivity contribution in [1.29, 1.82) is 0 Å². The first kappa shape index (κ1) is 18.4. The molecule has 0 heterocycles. The van der Waals surface area contributed by atoms with Crippen LogP contribution in [0.2, 0.25) is 0 Å². The third-order valence-electron chi connectivity index (χ3n) is 9.48. The average molecular weight is 385 g/mol. The van der Waals surface area contributed by atoms with Crippen LogP contribution in [0.4, 0.5) is 4.79 Å². The average Bonchev–Trinajstić information content (AvgIpc) is 3.36. The van der Waals surface area contributed by atoms with E-state index in [1.54, 1.807) is 0 Å². The molecule has 0 saturated heterocycles. The molecule has 6 atom stereocenters. The Morgan fingerprint density at radius 3 is 2.75 bits per heavy atom. The maximum atomic E-state index is 12.5. The van der Waals surface area contributed by atoms with E-state index in [9.17, 15) is 9.59 Å². The van der Waals surface area contributed by atoms with Gasteiger partial charge in [0, 0.05) is 5.41 Å². The van der Waals surface area contributed by atoms with Gasteiger partial charge in [0.05, 0.1) is 6.26 Å². The van der Waals surface area contributed by atoms with Crippen LogP contribution in [0.1, 0.15) is 71.1 Å². The van der Waals surface area contributed by atoms with Gasteiger partial charge in [0.25, 0.3) is 0 Å². The summed E-state index contributed by atoms with van der Waals surface area (Å²) in [6, 6.07) is 0. The molecule has 4 saturated carbocycles. The first-order chi connectivity index (χ1) is 13.5. The van der Waals surface area contributed by atoms with Gasteiger partial charge >= 0.3 is 6.16 Å². The molecule has 0 aromatic rings. The van der Waals surface area contributed by atoms with E-state index >= 15 is 0 Å². The molecule has 4 nitrogen and oxygen atoms in total. The summed E-state index contributed by atoms with van der Waals surface area (Å²) in [5.74, 6) is 3.79. The number of rotatable bonds is 3. The van der Waals surface area contributed by atoms with Crippen molar-refractivity contribution in [3.8, 4) is 0 Å². The van der Waals surface area contributed by atoms with E-state index in [1.807, 2.05) is 6.08 Å². The van der Waals surface area contributed by atoms with Gasteiger partial charge in [-0.1, -0.05) is 12.5 Å². The number of fused-ring (bicyclic) bond motifs is 5. The van der Waals surface area contributed by atoms with Crippen LogP contribution in [0.25, 0.3) is 0 Å². The highest BCUT2D eigenvalue weighted by Gasteiger charge is 2.60. The summed E-state index contributed by atoms with van der Waals surface area (Å²) >= 11 is 0. The lowest BCUT2D eigenvalue weighted by atomic mass is 9.49. The standard InChI is InChI=1S/C24H32O4/c1-2-24-9-7-17-18(20(24)6-4-16(24)8-12-28-22(26)27)5-3-15-13-21(25)23(10-11-23)14-19(15)17/h8,12-13,16-20H,2-7,9-11,14H2,1H3,(H,26,27)/b12-8-/t16-,17-,18+,19-,20-,24+/m0/s1. The molecule has 1 spiro atoms. The summed E-state index contributed by atoms with van der Waals surface area (Å²) in [6.07, 6.45) is 16.1. The highest BCUT2D eigenvalue weighted by Crippen LogP contribution is 2.67. The second-order valence-electron chi connectivity index (χ2n) is 10.2. The zero-order valence-electron chi connectivity index (χ0n) is 16.9. The number of carbonyl (C=O) groups is 2. The van der Waals surface area contributed by atoms with Gasteiger partial charge in [-0.25, -0.2) is 4.79 Å². The van der Waals surface area contributed by atoms with Crippen LogP contribution in [0, 0.1) is 40.4 Å². The first-order valence-electron chi connectivity index (χ1n) is 11.3. The van der Waals surface area contributed by atoms with Crippen LogP contribution in [0.3, 0.4) is 0 Å². The SMILES string of the molecule is CC[C@]12CC[C@H]3[C@@H](CCC4=CC(=O)C5(CC5)C[C@@H]43)[C@@H]1CC[C@H]2/C=C\OC(=O)O. The summed E-state index contributed by atoms with van der Waals surface area (Å²) < 4.78 is 4.69. The van der Waals surface area contributed by atoms with Crippen molar-refractivity contribution in [2.75, 3.05) is 0 Å². The molecule has 0 aromatic carbocycles. The lowest BCUT2D eigenvalue weighted by Gasteiger charge is -2.55. The van der Waals surface area contributed by atoms with E-state index in [0.29, 0.717) is 23.0 Å². The van der Waals surface area contributed by atoms with Crippen molar-refractivity contribution in [2.24, 2.45) is 40.4 Å². The molecule has 0 amide bonds. The van der Waals surface area contributed by atoms with Gasteiger partial charge in [-0.2, -0.15) is 0 Å². The van der Waals surface area contributed by atoms with Crippen LogP contribution in [0.5, 0.6) is 0 Å². The molecular formula is C24H32O4. The van der Waals surface area contributed by atoms with E-state index < -0.39 is 6.16 Å². The van der Waals surface area contributed by atoms with E-state index in [1.165, 1.54) is 43.9 Å². The number of carbonyl (C=O) groups excluding carboxylic acids is 1. The number of ether oxygens (including phenoxy) is 1. The quantitative estimate of drug-likeness (QED) is 0.498. The van der Waals surface area contributed by atoms with Crippen LogP contribution < -0.4 is 0 Å². The summed E-state index contributed by atoms with van der Waals surface area (Å²) in [6.45, 7) is 2.32. The summed E-state index contributed by atoms with van der Waals surface area (Å²) in [4.78, 5) is 23.2. The Morgan fingerprint density at radius 1 is 1.21 bits per heavy atom. The molecule has 0 aliphatic heterocycles. The molecule has 4 fully saturated rings.